The Morgan fingerprint density at radius 1 is 1.28 bits per heavy atom. The molecule has 2 N–H and O–H groups in total. The highest BCUT2D eigenvalue weighted by Crippen LogP contribution is 2.22. The number of azide groups is 1. The number of aromatic nitrogens is 2. The van der Waals surface area contributed by atoms with Gasteiger partial charge in [-0.3, -0.25) is 0 Å². The Balaban J connectivity index is 0.00000162. The summed E-state index contributed by atoms with van der Waals surface area (Å²) in [5, 5.41) is 3.42. The van der Waals surface area contributed by atoms with E-state index >= 15 is 0 Å². The number of benzene rings is 1. The smallest absolute Gasteiger partial charge is 0.134 e. The van der Waals surface area contributed by atoms with Crippen LogP contribution in [0.2, 0.25) is 0 Å². The molecule has 0 aliphatic heterocycles. The monoisotopic (exact) mass is 262 g/mol. The number of hydrogen-bond donors (Lipinski definition) is 1. The molecule has 0 aliphatic rings. The minimum atomic E-state index is 0. The van der Waals surface area contributed by atoms with Crippen LogP contribution in [-0.4, -0.2) is 9.97 Å². The van der Waals surface area contributed by atoms with Crippen molar-refractivity contribution in [2.75, 3.05) is 5.73 Å². The zero-order chi connectivity index (χ0) is 12.1. The fourth-order valence-corrected chi connectivity index (χ4v) is 1.43. The van der Waals surface area contributed by atoms with Gasteiger partial charge in [0.25, 0.3) is 0 Å². The molecule has 0 amide bonds. The van der Waals surface area contributed by atoms with Crippen molar-refractivity contribution < 1.29 is 0 Å². The van der Waals surface area contributed by atoms with E-state index in [9.17, 15) is 0 Å². The van der Waals surface area contributed by atoms with E-state index in [0.29, 0.717) is 17.2 Å². The van der Waals surface area contributed by atoms with Crippen molar-refractivity contribution in [2.24, 2.45) is 5.11 Å². The van der Waals surface area contributed by atoms with Crippen LogP contribution in [0.3, 0.4) is 0 Å². The van der Waals surface area contributed by atoms with Gasteiger partial charge in [0.1, 0.15) is 5.82 Å². The van der Waals surface area contributed by atoms with Crippen LogP contribution in [0.1, 0.15) is 5.82 Å². The van der Waals surface area contributed by atoms with E-state index < -0.39 is 0 Å². The number of rotatable bonds is 3. The zero-order valence-corrected chi connectivity index (χ0v) is 10.2. The van der Waals surface area contributed by atoms with Gasteiger partial charge in [0.15, 0.2) is 0 Å². The lowest BCUT2D eigenvalue weighted by Crippen LogP contribution is -2.00. The molecule has 1 heterocycles. The highest BCUT2D eigenvalue weighted by molar-refractivity contribution is 5.85. The standard InChI is InChI=1S/C11H10N6.ClH/c12-9-6-14-10(7-15-17-13)16-11(9)8-4-2-1-3-5-8;/h1-6H,7,12H2;1H. The summed E-state index contributed by atoms with van der Waals surface area (Å²) in [5.41, 5.74) is 16.1. The van der Waals surface area contributed by atoms with Crippen molar-refractivity contribution in [2.45, 2.75) is 6.54 Å². The summed E-state index contributed by atoms with van der Waals surface area (Å²) in [6.07, 6.45) is 1.53. The molecule has 0 aliphatic carbocycles. The van der Waals surface area contributed by atoms with Crippen molar-refractivity contribution in [1.82, 2.24) is 9.97 Å². The first-order valence-corrected chi connectivity index (χ1v) is 4.99. The Hall–Kier alpha value is -2.30. The molecule has 18 heavy (non-hydrogen) atoms. The molecule has 0 saturated carbocycles. The Kier molecular flexibility index (Phi) is 4.92. The van der Waals surface area contributed by atoms with Crippen LogP contribution < -0.4 is 5.73 Å². The minimum Gasteiger partial charge on any atom is -0.396 e. The van der Waals surface area contributed by atoms with Gasteiger partial charge in [-0.25, -0.2) is 9.97 Å². The van der Waals surface area contributed by atoms with Crippen LogP contribution in [0.25, 0.3) is 21.7 Å². The molecule has 0 fully saturated rings. The summed E-state index contributed by atoms with van der Waals surface area (Å²) in [7, 11) is 0. The Morgan fingerprint density at radius 2 is 2.00 bits per heavy atom. The fraction of sp³-hybridized carbons (Fsp3) is 0.0909. The minimum absolute atomic E-state index is 0. The van der Waals surface area contributed by atoms with Crippen LogP contribution in [0, 0.1) is 0 Å². The summed E-state index contributed by atoms with van der Waals surface area (Å²) in [6, 6.07) is 9.56. The fourth-order valence-electron chi connectivity index (χ4n) is 1.43. The molecule has 6 nitrogen and oxygen atoms in total. The van der Waals surface area contributed by atoms with Crippen molar-refractivity contribution >= 4 is 18.1 Å². The van der Waals surface area contributed by atoms with Gasteiger partial charge in [0, 0.05) is 10.5 Å². The maximum absolute atomic E-state index is 8.25. The first kappa shape index (κ1) is 13.8. The van der Waals surface area contributed by atoms with Crippen LogP contribution in [0.4, 0.5) is 5.69 Å². The van der Waals surface area contributed by atoms with E-state index in [1.807, 2.05) is 30.3 Å². The molecule has 0 unspecified atom stereocenters. The van der Waals surface area contributed by atoms with E-state index in [1.54, 1.807) is 0 Å². The molecular weight excluding hydrogens is 252 g/mol. The summed E-state index contributed by atoms with van der Waals surface area (Å²) in [4.78, 5) is 10.9. The average Bonchev–Trinajstić information content (AvgIpc) is 2.39. The van der Waals surface area contributed by atoms with E-state index in [2.05, 4.69) is 20.0 Å². The SMILES string of the molecule is Cl.[N-]=[N+]=NCc1ncc(N)c(-c2ccccc2)n1. The van der Waals surface area contributed by atoms with Crippen molar-refractivity contribution in [3.8, 4) is 11.3 Å². The van der Waals surface area contributed by atoms with Gasteiger partial charge in [-0.1, -0.05) is 35.4 Å². The van der Waals surface area contributed by atoms with Gasteiger partial charge < -0.3 is 5.73 Å². The molecule has 0 atom stereocenters. The molecule has 0 saturated heterocycles. The molecule has 7 heteroatoms. The van der Waals surface area contributed by atoms with Crippen LogP contribution in [0.5, 0.6) is 0 Å². The van der Waals surface area contributed by atoms with E-state index in [-0.39, 0.29) is 19.0 Å². The number of halogens is 1. The maximum Gasteiger partial charge on any atom is 0.134 e. The predicted molar refractivity (Wildman–Crippen MR) is 72.0 cm³/mol. The topological polar surface area (TPSA) is 101 Å². The lowest BCUT2D eigenvalue weighted by Gasteiger charge is -2.05. The number of hydrogen-bond acceptors (Lipinski definition) is 4. The van der Waals surface area contributed by atoms with E-state index in [0.717, 1.165) is 5.56 Å². The molecule has 0 radical (unpaired) electrons. The Bertz CT molecular complexity index is 565. The molecule has 2 rings (SSSR count). The maximum atomic E-state index is 8.25. The third-order valence-corrected chi connectivity index (χ3v) is 2.19. The summed E-state index contributed by atoms with van der Waals surface area (Å²) >= 11 is 0. The normalized spacial score (nSPS) is 9.11. The second kappa shape index (κ2) is 6.44. The third kappa shape index (κ3) is 3.10. The zero-order valence-electron chi connectivity index (χ0n) is 9.39. The second-order valence-corrected chi connectivity index (χ2v) is 3.35. The summed E-state index contributed by atoms with van der Waals surface area (Å²) < 4.78 is 0. The molecule has 1 aromatic carbocycles. The Morgan fingerprint density at radius 3 is 2.67 bits per heavy atom. The first-order chi connectivity index (χ1) is 8.31. The van der Waals surface area contributed by atoms with E-state index in [1.165, 1.54) is 6.20 Å². The van der Waals surface area contributed by atoms with Gasteiger partial charge in [-0.2, -0.15) is 0 Å². The lowest BCUT2D eigenvalue weighted by atomic mass is 10.1. The molecule has 92 valence electrons. The number of nitrogens with two attached hydrogens (primary N) is 1. The molecule has 2 aromatic rings. The number of nitrogens with zero attached hydrogens (tertiary/aromatic N) is 5. The van der Waals surface area contributed by atoms with Gasteiger partial charge in [0.05, 0.1) is 24.1 Å². The molecule has 0 spiro atoms. The van der Waals surface area contributed by atoms with Gasteiger partial charge in [-0.15, -0.1) is 12.4 Å². The highest BCUT2D eigenvalue weighted by Gasteiger charge is 2.06. The van der Waals surface area contributed by atoms with Gasteiger partial charge >= 0.3 is 0 Å². The van der Waals surface area contributed by atoms with Crippen molar-refractivity contribution in [3.05, 3.63) is 52.8 Å². The average molecular weight is 263 g/mol. The van der Waals surface area contributed by atoms with Crippen LogP contribution in [0.15, 0.2) is 41.6 Å². The van der Waals surface area contributed by atoms with Crippen LogP contribution in [-0.2, 0) is 6.54 Å². The summed E-state index contributed by atoms with van der Waals surface area (Å²) in [5.74, 6) is 0.454. The molecular formula is C11H11ClN6. The number of nitrogen functional groups attached to an aromatic ring is 1. The number of anilines is 1. The highest BCUT2D eigenvalue weighted by atomic mass is 35.5. The van der Waals surface area contributed by atoms with Gasteiger partial charge in [-0.05, 0) is 5.53 Å². The largest absolute Gasteiger partial charge is 0.396 e. The van der Waals surface area contributed by atoms with Crippen molar-refractivity contribution in [1.29, 1.82) is 0 Å². The first-order valence-electron chi connectivity index (χ1n) is 4.99. The summed E-state index contributed by atoms with van der Waals surface area (Å²) in [6.45, 7) is 0.122. The Labute approximate surface area is 110 Å². The molecule has 1 aromatic heterocycles. The second-order valence-electron chi connectivity index (χ2n) is 3.35. The van der Waals surface area contributed by atoms with Crippen LogP contribution >= 0.6 is 12.4 Å². The third-order valence-electron chi connectivity index (χ3n) is 2.19. The molecule has 0 bridgehead atoms. The quantitative estimate of drug-likeness (QED) is 0.523. The lowest BCUT2D eigenvalue weighted by molar-refractivity contribution is 0.905. The van der Waals surface area contributed by atoms with E-state index in [4.69, 9.17) is 11.3 Å². The van der Waals surface area contributed by atoms with Gasteiger partial charge in [0.2, 0.25) is 0 Å². The van der Waals surface area contributed by atoms with Crippen molar-refractivity contribution in [3.63, 3.8) is 0 Å². The predicted octanol–water partition coefficient (Wildman–Crippen LogP) is 2.96.